The fourth-order valence-electron chi connectivity index (χ4n) is 7.63. The summed E-state index contributed by atoms with van der Waals surface area (Å²) in [5.74, 6) is 2.72. The number of hydrogen-bond acceptors (Lipinski definition) is 3. The number of ether oxygens (including phenoxy) is 1. The summed E-state index contributed by atoms with van der Waals surface area (Å²) in [6, 6.07) is 0. The number of carbonyl (C=O) groups excluding carboxylic acids is 2. The molecule has 0 heterocycles. The van der Waals surface area contributed by atoms with Crippen molar-refractivity contribution in [3.05, 3.63) is 11.6 Å². The van der Waals surface area contributed by atoms with Gasteiger partial charge in [0.2, 0.25) is 0 Å². The van der Waals surface area contributed by atoms with Gasteiger partial charge in [-0.15, -0.1) is 0 Å². The molecule has 3 nitrogen and oxygen atoms in total. The van der Waals surface area contributed by atoms with Crippen molar-refractivity contribution in [1.82, 2.24) is 0 Å². The summed E-state index contributed by atoms with van der Waals surface area (Å²) < 4.78 is 5.53. The van der Waals surface area contributed by atoms with Crippen LogP contribution in [-0.2, 0) is 14.3 Å². The van der Waals surface area contributed by atoms with Crippen LogP contribution in [0.25, 0.3) is 0 Å². The molecular weight excluding hydrogens is 324 g/mol. The number of fused-ring (bicyclic) bond motifs is 5. The molecule has 0 aromatic heterocycles. The summed E-state index contributed by atoms with van der Waals surface area (Å²) in [6.45, 7) is 8.21. The van der Waals surface area contributed by atoms with Crippen molar-refractivity contribution < 1.29 is 14.3 Å². The van der Waals surface area contributed by atoms with E-state index >= 15 is 0 Å². The average molecular weight is 359 g/mol. The van der Waals surface area contributed by atoms with Crippen LogP contribution in [0.15, 0.2) is 11.6 Å². The van der Waals surface area contributed by atoms with Crippen molar-refractivity contribution in [2.75, 3.05) is 0 Å². The quantitative estimate of drug-likeness (QED) is 0.510. The third-order valence-electron chi connectivity index (χ3n) is 8.88. The summed E-state index contributed by atoms with van der Waals surface area (Å²) in [6.07, 6.45) is 11.6. The third-order valence-corrected chi connectivity index (χ3v) is 8.88. The van der Waals surface area contributed by atoms with E-state index < -0.39 is 0 Å². The largest absolute Gasteiger partial charge is 0.462 e. The zero-order valence-electron chi connectivity index (χ0n) is 16.8. The van der Waals surface area contributed by atoms with E-state index in [-0.39, 0.29) is 28.8 Å². The fraction of sp³-hybridized carbons (Fsp3) is 0.826. The average Bonchev–Trinajstić information content (AvgIpc) is 2.92. The molecular formula is C23H34O3. The van der Waals surface area contributed by atoms with Gasteiger partial charge >= 0.3 is 5.97 Å². The summed E-state index contributed by atoms with van der Waals surface area (Å²) >= 11 is 0. The van der Waals surface area contributed by atoms with Gasteiger partial charge in [-0.25, -0.2) is 0 Å². The molecule has 4 aliphatic carbocycles. The van der Waals surface area contributed by atoms with Crippen LogP contribution < -0.4 is 0 Å². The molecule has 3 saturated carbocycles. The lowest BCUT2D eigenvalue weighted by Gasteiger charge is -2.58. The van der Waals surface area contributed by atoms with Gasteiger partial charge in [0.1, 0.15) is 11.9 Å². The lowest BCUT2D eigenvalue weighted by molar-refractivity contribution is -0.149. The Labute approximate surface area is 157 Å². The predicted octanol–water partition coefficient (Wildman–Crippen LogP) is 5.09. The maximum absolute atomic E-state index is 12.2. The molecule has 0 saturated heterocycles. The van der Waals surface area contributed by atoms with Crippen LogP contribution in [0.5, 0.6) is 0 Å². The first-order valence-electron chi connectivity index (χ1n) is 10.6. The van der Waals surface area contributed by atoms with Crippen LogP contribution in [0.3, 0.4) is 0 Å². The van der Waals surface area contributed by atoms with Gasteiger partial charge in [0, 0.05) is 19.3 Å². The Bertz CT molecular complexity index is 650. The highest BCUT2D eigenvalue weighted by Crippen LogP contribution is 2.66. The molecule has 0 bridgehead atoms. The van der Waals surface area contributed by atoms with Gasteiger partial charge in [0.05, 0.1) is 0 Å². The Morgan fingerprint density at radius 1 is 1.04 bits per heavy atom. The molecule has 0 spiro atoms. The van der Waals surface area contributed by atoms with Crippen molar-refractivity contribution >= 4 is 11.8 Å². The summed E-state index contributed by atoms with van der Waals surface area (Å²) in [4.78, 5) is 23.6. The van der Waals surface area contributed by atoms with E-state index in [4.69, 9.17) is 4.74 Å². The summed E-state index contributed by atoms with van der Waals surface area (Å²) in [5.41, 5.74) is 2.04. The van der Waals surface area contributed by atoms with Gasteiger partial charge in [-0.3, -0.25) is 9.59 Å². The molecule has 0 aromatic rings. The SMILES string of the molecule is CC(=O)OC1CC[C@@]2(C)C(=CCC3C4CCC(C(C)=O)[C@@]4(C)CCC32)C1. The van der Waals surface area contributed by atoms with Crippen LogP contribution in [0.1, 0.15) is 79.1 Å². The zero-order chi connectivity index (χ0) is 18.7. The van der Waals surface area contributed by atoms with E-state index in [1.165, 1.54) is 26.2 Å². The first kappa shape index (κ1) is 18.3. The van der Waals surface area contributed by atoms with Crippen molar-refractivity contribution in [3.8, 4) is 0 Å². The fourth-order valence-corrected chi connectivity index (χ4v) is 7.63. The molecule has 0 N–H and O–H groups in total. The minimum atomic E-state index is -0.150. The van der Waals surface area contributed by atoms with Gasteiger partial charge in [0.15, 0.2) is 0 Å². The molecule has 0 aliphatic heterocycles. The minimum Gasteiger partial charge on any atom is -0.462 e. The molecule has 7 atom stereocenters. The molecule has 4 rings (SSSR count). The zero-order valence-corrected chi connectivity index (χ0v) is 16.8. The molecule has 0 aromatic carbocycles. The van der Waals surface area contributed by atoms with E-state index in [2.05, 4.69) is 19.9 Å². The van der Waals surface area contributed by atoms with Crippen molar-refractivity contribution in [3.63, 3.8) is 0 Å². The number of allylic oxidation sites excluding steroid dienone is 1. The Kier molecular flexibility index (Phi) is 4.36. The molecule has 5 unspecified atom stereocenters. The lowest BCUT2D eigenvalue weighted by atomic mass is 9.47. The van der Waals surface area contributed by atoms with Crippen molar-refractivity contribution in [1.29, 1.82) is 0 Å². The number of ketones is 1. The number of Topliss-reactive ketones (excluding diaryl/α,β-unsaturated/α-hetero) is 1. The molecule has 3 heteroatoms. The number of rotatable bonds is 2. The topological polar surface area (TPSA) is 43.4 Å². The Morgan fingerprint density at radius 2 is 1.81 bits per heavy atom. The molecule has 26 heavy (non-hydrogen) atoms. The van der Waals surface area contributed by atoms with E-state index in [1.54, 1.807) is 12.5 Å². The number of carbonyl (C=O) groups is 2. The third kappa shape index (κ3) is 2.60. The standard InChI is InChI=1S/C23H34O3/c1-14(24)19-7-8-20-18-6-5-16-13-17(26-15(2)25)9-11-22(16,3)21(18)10-12-23(19,20)4/h5,17-21H,6-13H2,1-4H3/t17?,18?,19?,20?,21?,22-,23+/m0/s1. The Balaban J connectivity index is 1.59. The van der Waals surface area contributed by atoms with Crippen molar-refractivity contribution in [2.45, 2.75) is 85.2 Å². The normalized spacial score (nSPS) is 47.2. The monoisotopic (exact) mass is 358 g/mol. The Hall–Kier alpha value is -1.12. The van der Waals surface area contributed by atoms with Gasteiger partial charge in [-0.2, -0.15) is 0 Å². The number of hydrogen-bond donors (Lipinski definition) is 0. The van der Waals surface area contributed by atoms with Crippen LogP contribution in [0.4, 0.5) is 0 Å². The summed E-state index contributed by atoms with van der Waals surface area (Å²) in [5, 5.41) is 0. The second-order valence-electron chi connectivity index (χ2n) is 10.0. The summed E-state index contributed by atoms with van der Waals surface area (Å²) in [7, 11) is 0. The van der Waals surface area contributed by atoms with Crippen LogP contribution in [0.2, 0.25) is 0 Å². The smallest absolute Gasteiger partial charge is 0.302 e. The maximum atomic E-state index is 12.2. The van der Waals surface area contributed by atoms with Crippen molar-refractivity contribution in [2.24, 2.45) is 34.5 Å². The first-order chi connectivity index (χ1) is 12.3. The van der Waals surface area contributed by atoms with E-state index in [9.17, 15) is 9.59 Å². The highest BCUT2D eigenvalue weighted by Gasteiger charge is 2.59. The van der Waals surface area contributed by atoms with Crippen LogP contribution >= 0.6 is 0 Å². The maximum Gasteiger partial charge on any atom is 0.302 e. The van der Waals surface area contributed by atoms with E-state index in [0.29, 0.717) is 11.7 Å². The first-order valence-corrected chi connectivity index (χ1v) is 10.6. The molecule has 144 valence electrons. The molecule has 0 amide bonds. The molecule has 4 aliphatic rings. The van der Waals surface area contributed by atoms with E-state index in [1.807, 2.05) is 0 Å². The second-order valence-corrected chi connectivity index (χ2v) is 10.0. The van der Waals surface area contributed by atoms with Gasteiger partial charge in [-0.1, -0.05) is 25.5 Å². The van der Waals surface area contributed by atoms with Crippen LogP contribution in [0, 0.1) is 34.5 Å². The van der Waals surface area contributed by atoms with Gasteiger partial charge in [0.25, 0.3) is 0 Å². The van der Waals surface area contributed by atoms with Gasteiger partial charge in [-0.05, 0) is 80.5 Å². The highest BCUT2D eigenvalue weighted by molar-refractivity contribution is 5.79. The minimum absolute atomic E-state index is 0.0748. The molecule has 3 fully saturated rings. The highest BCUT2D eigenvalue weighted by atomic mass is 16.5. The van der Waals surface area contributed by atoms with Crippen LogP contribution in [-0.4, -0.2) is 17.9 Å². The second kappa shape index (κ2) is 6.21. The Morgan fingerprint density at radius 3 is 2.50 bits per heavy atom. The van der Waals surface area contributed by atoms with E-state index in [0.717, 1.165) is 43.9 Å². The predicted molar refractivity (Wildman–Crippen MR) is 101 cm³/mol. The lowest BCUT2D eigenvalue weighted by Crippen LogP contribution is -2.51. The van der Waals surface area contributed by atoms with Gasteiger partial charge < -0.3 is 4.74 Å². The number of esters is 1. The molecule has 0 radical (unpaired) electrons.